The fraction of sp³-hybridized carbons (Fsp3) is 0.500. The zero-order valence-electron chi connectivity index (χ0n) is 20.1. The summed E-state index contributed by atoms with van der Waals surface area (Å²) in [5.74, 6) is 0.166. The second-order valence-electron chi connectivity index (χ2n) is 9.33. The summed E-state index contributed by atoms with van der Waals surface area (Å²) in [6.45, 7) is 7.23. The van der Waals surface area contributed by atoms with E-state index in [1.165, 1.54) is 7.11 Å². The van der Waals surface area contributed by atoms with Gasteiger partial charge in [0.05, 0.1) is 18.7 Å². The van der Waals surface area contributed by atoms with Crippen molar-refractivity contribution in [2.45, 2.75) is 64.6 Å². The zero-order chi connectivity index (χ0) is 24.9. The molecule has 3 rings (SSSR count). The summed E-state index contributed by atoms with van der Waals surface area (Å²) in [5.41, 5.74) is 0.0167. The number of rotatable bonds is 8. The normalized spacial score (nSPS) is 15.3. The Morgan fingerprint density at radius 1 is 1.29 bits per heavy atom. The lowest BCUT2D eigenvalue weighted by molar-refractivity contribution is 0.0492. The minimum absolute atomic E-state index is 0.00254. The van der Waals surface area contributed by atoms with Crippen molar-refractivity contribution in [2.75, 3.05) is 17.7 Å². The number of hydrogen-bond acceptors (Lipinski definition) is 8. The molecule has 0 radical (unpaired) electrons. The van der Waals surface area contributed by atoms with E-state index in [1.54, 1.807) is 39.1 Å². The van der Waals surface area contributed by atoms with E-state index in [0.717, 1.165) is 25.3 Å². The molecule has 1 aliphatic carbocycles. The van der Waals surface area contributed by atoms with Crippen LogP contribution in [0.15, 0.2) is 24.4 Å². The molecule has 9 nitrogen and oxygen atoms in total. The number of halogens is 1. The molecule has 34 heavy (non-hydrogen) atoms. The molecule has 10 heteroatoms. The predicted octanol–water partition coefficient (Wildman–Crippen LogP) is 4.73. The fourth-order valence-corrected chi connectivity index (χ4v) is 3.70. The molecule has 2 aromatic rings. The van der Waals surface area contributed by atoms with Crippen LogP contribution in [0.1, 0.15) is 52.5 Å². The fourth-order valence-electron chi connectivity index (χ4n) is 3.70. The molecule has 2 aromatic heterocycles. The quantitative estimate of drug-likeness (QED) is 0.506. The van der Waals surface area contributed by atoms with Crippen LogP contribution in [0.5, 0.6) is 5.88 Å². The summed E-state index contributed by atoms with van der Waals surface area (Å²) >= 11 is 0. The number of hydrogen-bond donors (Lipinski definition) is 3. The number of carbonyl (C=O) groups excluding carboxylic acids is 1. The molecule has 3 N–H and O–H groups in total. The van der Waals surface area contributed by atoms with Crippen LogP contribution in [0.2, 0.25) is 0 Å². The van der Waals surface area contributed by atoms with E-state index in [9.17, 15) is 14.4 Å². The van der Waals surface area contributed by atoms with Crippen LogP contribution in [0, 0.1) is 23.1 Å². The average Bonchev–Trinajstić information content (AvgIpc) is 2.72. The highest BCUT2D eigenvalue weighted by atomic mass is 19.1. The first kappa shape index (κ1) is 25.0. The van der Waals surface area contributed by atoms with E-state index in [1.807, 2.05) is 13.0 Å². The van der Waals surface area contributed by atoms with Gasteiger partial charge in [-0.3, -0.25) is 0 Å². The van der Waals surface area contributed by atoms with Gasteiger partial charge in [-0.1, -0.05) is 6.42 Å². The monoisotopic (exact) mass is 470 g/mol. The third kappa shape index (κ3) is 6.47. The van der Waals surface area contributed by atoms with Crippen molar-refractivity contribution in [3.63, 3.8) is 0 Å². The smallest absolute Gasteiger partial charge is 0.407 e. The summed E-state index contributed by atoms with van der Waals surface area (Å²) in [5, 5.41) is 18.6. The van der Waals surface area contributed by atoms with E-state index in [2.05, 4.69) is 25.9 Å². The van der Waals surface area contributed by atoms with Gasteiger partial charge in [-0.05, 0) is 58.6 Å². The third-order valence-corrected chi connectivity index (χ3v) is 5.55. The number of nitrogens with one attached hydrogen (secondary N) is 3. The SMILES string of the molecule is COc1cc(Nc2nc(N[C@H](C3CCC3)[C@H](C)NC(=O)OC(C)(C)C)c(F)cc2C#N)ccn1. The van der Waals surface area contributed by atoms with Crippen molar-refractivity contribution in [1.82, 2.24) is 15.3 Å². The van der Waals surface area contributed by atoms with Crippen LogP contribution >= 0.6 is 0 Å². The van der Waals surface area contributed by atoms with Gasteiger partial charge in [0.25, 0.3) is 0 Å². The first-order valence-electron chi connectivity index (χ1n) is 11.2. The van der Waals surface area contributed by atoms with Gasteiger partial charge in [-0.25, -0.2) is 19.2 Å². The number of pyridine rings is 2. The van der Waals surface area contributed by atoms with E-state index >= 15 is 0 Å². The molecule has 1 saturated carbocycles. The second kappa shape index (κ2) is 10.5. The molecule has 0 spiro atoms. The molecule has 0 unspecified atom stereocenters. The topological polar surface area (TPSA) is 121 Å². The number of carbonyl (C=O) groups is 1. The van der Waals surface area contributed by atoms with Crippen LogP contribution in [-0.4, -0.2) is 40.9 Å². The van der Waals surface area contributed by atoms with Crippen LogP contribution < -0.4 is 20.7 Å². The summed E-state index contributed by atoms with van der Waals surface area (Å²) in [6, 6.07) is 5.81. The first-order valence-corrected chi connectivity index (χ1v) is 11.2. The lowest BCUT2D eigenvalue weighted by Gasteiger charge is -2.38. The first-order chi connectivity index (χ1) is 16.1. The largest absolute Gasteiger partial charge is 0.481 e. The lowest BCUT2D eigenvalue weighted by atomic mass is 9.77. The van der Waals surface area contributed by atoms with Gasteiger partial charge in [0, 0.05) is 24.0 Å². The van der Waals surface area contributed by atoms with Crippen LogP contribution in [0.4, 0.5) is 26.5 Å². The van der Waals surface area contributed by atoms with Crippen molar-refractivity contribution in [1.29, 1.82) is 5.26 Å². The lowest BCUT2D eigenvalue weighted by Crippen LogP contribution is -2.51. The predicted molar refractivity (Wildman–Crippen MR) is 127 cm³/mol. The Labute approximate surface area is 199 Å². The standard InChI is InChI=1S/C24H31FN6O3/c1-14(28-23(32)34-24(2,3)4)20(15-7-6-8-15)30-22-18(25)11-16(13-26)21(31-22)29-17-9-10-27-19(12-17)33-5/h9-12,14-15,20H,6-8H2,1-5H3,(H,28,32)(H2,27,29,30,31)/t14-,20-/m0/s1. The molecular formula is C24H31FN6O3. The number of ether oxygens (including phenoxy) is 2. The molecule has 0 aromatic carbocycles. The number of methoxy groups -OCH3 is 1. The van der Waals surface area contributed by atoms with Gasteiger partial charge in [-0.2, -0.15) is 5.26 Å². The Balaban J connectivity index is 1.84. The third-order valence-electron chi connectivity index (χ3n) is 5.55. The number of amides is 1. The molecular weight excluding hydrogens is 439 g/mol. The highest BCUT2D eigenvalue weighted by Gasteiger charge is 2.34. The molecule has 2 atom stereocenters. The van der Waals surface area contributed by atoms with Crippen LogP contribution in [-0.2, 0) is 4.74 Å². The van der Waals surface area contributed by atoms with Gasteiger partial charge in [-0.15, -0.1) is 0 Å². The Bertz CT molecular complexity index is 1060. The Morgan fingerprint density at radius 3 is 2.62 bits per heavy atom. The van der Waals surface area contributed by atoms with E-state index in [0.29, 0.717) is 11.6 Å². The molecule has 0 aliphatic heterocycles. The van der Waals surface area contributed by atoms with Gasteiger partial charge >= 0.3 is 6.09 Å². The molecule has 1 fully saturated rings. The minimum Gasteiger partial charge on any atom is -0.481 e. The maximum Gasteiger partial charge on any atom is 0.407 e. The maximum atomic E-state index is 14.9. The molecule has 182 valence electrons. The Kier molecular flexibility index (Phi) is 7.76. The van der Waals surface area contributed by atoms with Crippen molar-refractivity contribution in [3.8, 4) is 11.9 Å². The zero-order valence-corrected chi connectivity index (χ0v) is 20.1. The molecule has 0 saturated heterocycles. The summed E-state index contributed by atoms with van der Waals surface area (Å²) in [7, 11) is 1.50. The van der Waals surface area contributed by atoms with Crippen molar-refractivity contribution in [3.05, 3.63) is 35.8 Å². The second-order valence-corrected chi connectivity index (χ2v) is 9.33. The summed E-state index contributed by atoms with van der Waals surface area (Å²) < 4.78 is 25.4. The van der Waals surface area contributed by atoms with Gasteiger partial charge < -0.3 is 25.4 Å². The summed E-state index contributed by atoms with van der Waals surface area (Å²) in [6.07, 6.45) is 4.00. The van der Waals surface area contributed by atoms with Crippen molar-refractivity contribution >= 4 is 23.4 Å². The van der Waals surface area contributed by atoms with Gasteiger partial charge in [0.15, 0.2) is 17.5 Å². The molecule has 1 aliphatic rings. The van der Waals surface area contributed by atoms with Crippen molar-refractivity contribution in [2.24, 2.45) is 5.92 Å². The average molecular weight is 471 g/mol. The van der Waals surface area contributed by atoms with Crippen LogP contribution in [0.3, 0.4) is 0 Å². The van der Waals surface area contributed by atoms with Gasteiger partial charge in [0.2, 0.25) is 5.88 Å². The van der Waals surface area contributed by atoms with Crippen LogP contribution in [0.25, 0.3) is 0 Å². The Hall–Kier alpha value is -3.61. The maximum absolute atomic E-state index is 14.9. The Morgan fingerprint density at radius 2 is 2.03 bits per heavy atom. The van der Waals surface area contributed by atoms with Gasteiger partial charge in [0.1, 0.15) is 11.7 Å². The highest BCUT2D eigenvalue weighted by Crippen LogP contribution is 2.34. The minimum atomic E-state index is -0.650. The van der Waals surface area contributed by atoms with E-state index in [4.69, 9.17) is 9.47 Å². The number of anilines is 3. The van der Waals surface area contributed by atoms with Crippen molar-refractivity contribution < 1.29 is 18.7 Å². The number of aromatic nitrogens is 2. The highest BCUT2D eigenvalue weighted by molar-refractivity contribution is 5.68. The van der Waals surface area contributed by atoms with E-state index < -0.39 is 17.5 Å². The molecule has 1 amide bonds. The number of nitriles is 1. The summed E-state index contributed by atoms with van der Waals surface area (Å²) in [4.78, 5) is 20.7. The number of nitrogens with zero attached hydrogens (tertiary/aromatic N) is 3. The number of alkyl carbamates (subject to hydrolysis) is 1. The van der Waals surface area contributed by atoms with E-state index in [-0.39, 0.29) is 35.2 Å². The molecule has 0 bridgehead atoms. The molecule has 2 heterocycles.